The first-order valence-electron chi connectivity index (χ1n) is 7.08. The normalized spacial score (nSPS) is 10.3. The van der Waals surface area contributed by atoms with Crippen molar-refractivity contribution in [2.24, 2.45) is 0 Å². The summed E-state index contributed by atoms with van der Waals surface area (Å²) in [6.45, 7) is 3.16. The number of rotatable bonds is 7. The molecule has 0 unspecified atom stereocenters. The van der Waals surface area contributed by atoms with E-state index in [4.69, 9.17) is 16.3 Å². The largest absolute Gasteiger partial charge is 0.494 e. The summed E-state index contributed by atoms with van der Waals surface area (Å²) in [5.41, 5.74) is 0.639. The maximum absolute atomic E-state index is 12.0. The molecule has 0 saturated carbocycles. The van der Waals surface area contributed by atoms with Crippen LogP contribution in [0.4, 0.5) is 0 Å². The maximum Gasteiger partial charge on any atom is 0.251 e. The molecule has 5 heteroatoms. The van der Waals surface area contributed by atoms with Crippen LogP contribution in [0.2, 0.25) is 5.02 Å². The minimum Gasteiger partial charge on any atom is -0.494 e. The number of benzene rings is 2. The van der Waals surface area contributed by atoms with Gasteiger partial charge in [0.15, 0.2) is 0 Å². The lowest BCUT2D eigenvalue weighted by molar-refractivity contribution is 0.0956. The number of ether oxygens (including phenoxy) is 1. The Balaban J connectivity index is 1.74. The number of hydrogen-bond acceptors (Lipinski definition) is 3. The first-order chi connectivity index (χ1) is 10.7. The van der Waals surface area contributed by atoms with Crippen molar-refractivity contribution < 1.29 is 9.53 Å². The Morgan fingerprint density at radius 1 is 1.14 bits per heavy atom. The highest BCUT2D eigenvalue weighted by Gasteiger charge is 2.05. The van der Waals surface area contributed by atoms with Crippen LogP contribution in [0.5, 0.6) is 5.75 Å². The molecular formula is C17H18ClNO2S. The molecule has 3 nitrogen and oxygen atoms in total. The molecule has 0 atom stereocenters. The van der Waals surface area contributed by atoms with E-state index in [1.54, 1.807) is 36.0 Å². The molecule has 0 spiro atoms. The third-order valence-electron chi connectivity index (χ3n) is 2.90. The standard InChI is InChI=1S/C17H18ClNO2S/c1-2-21-15-7-3-13(4-8-15)17(20)19-11-12-22-16-9-5-14(18)6-10-16/h3-10H,2,11-12H2,1H3,(H,19,20). The van der Waals surface area contributed by atoms with E-state index >= 15 is 0 Å². The van der Waals surface area contributed by atoms with Gasteiger partial charge in [0.25, 0.3) is 5.91 Å². The molecule has 1 N–H and O–H groups in total. The van der Waals surface area contributed by atoms with Crippen LogP contribution >= 0.6 is 23.4 Å². The van der Waals surface area contributed by atoms with E-state index in [0.717, 1.165) is 21.4 Å². The lowest BCUT2D eigenvalue weighted by atomic mass is 10.2. The molecule has 0 aliphatic rings. The molecule has 2 aromatic rings. The second-order valence-corrected chi connectivity index (χ2v) is 6.12. The number of nitrogens with one attached hydrogen (secondary N) is 1. The molecule has 0 aliphatic heterocycles. The van der Waals surface area contributed by atoms with Crippen LogP contribution in [0.15, 0.2) is 53.4 Å². The predicted molar refractivity (Wildman–Crippen MR) is 92.1 cm³/mol. The van der Waals surface area contributed by atoms with E-state index in [1.165, 1.54) is 0 Å². The van der Waals surface area contributed by atoms with E-state index < -0.39 is 0 Å². The van der Waals surface area contributed by atoms with Gasteiger partial charge in [0.1, 0.15) is 5.75 Å². The Morgan fingerprint density at radius 2 is 1.82 bits per heavy atom. The lowest BCUT2D eigenvalue weighted by Gasteiger charge is -2.07. The van der Waals surface area contributed by atoms with Gasteiger partial charge >= 0.3 is 0 Å². The van der Waals surface area contributed by atoms with Crippen LogP contribution in [-0.2, 0) is 0 Å². The van der Waals surface area contributed by atoms with Crippen LogP contribution in [0.3, 0.4) is 0 Å². The molecule has 0 aliphatic carbocycles. The highest BCUT2D eigenvalue weighted by atomic mass is 35.5. The van der Waals surface area contributed by atoms with Crippen molar-refractivity contribution in [3.05, 3.63) is 59.1 Å². The summed E-state index contributed by atoms with van der Waals surface area (Å²) < 4.78 is 5.35. The van der Waals surface area contributed by atoms with Gasteiger partial charge in [-0.1, -0.05) is 11.6 Å². The fraction of sp³-hybridized carbons (Fsp3) is 0.235. The quantitative estimate of drug-likeness (QED) is 0.607. The molecule has 0 heterocycles. The maximum atomic E-state index is 12.0. The van der Waals surface area contributed by atoms with Crippen molar-refractivity contribution in [2.75, 3.05) is 18.9 Å². The fourth-order valence-corrected chi connectivity index (χ4v) is 2.73. The molecule has 2 rings (SSSR count). The molecule has 0 saturated heterocycles. The summed E-state index contributed by atoms with van der Waals surface area (Å²) in [5, 5.41) is 3.64. The second-order valence-electron chi connectivity index (χ2n) is 4.52. The Kier molecular flexibility index (Phi) is 6.62. The van der Waals surface area contributed by atoms with Crippen molar-refractivity contribution in [2.45, 2.75) is 11.8 Å². The summed E-state index contributed by atoms with van der Waals surface area (Å²) in [6, 6.07) is 14.8. The molecular weight excluding hydrogens is 318 g/mol. The van der Waals surface area contributed by atoms with Crippen molar-refractivity contribution in [3.8, 4) is 5.75 Å². The van der Waals surface area contributed by atoms with Crippen molar-refractivity contribution in [1.29, 1.82) is 0 Å². The van der Waals surface area contributed by atoms with E-state index in [1.807, 2.05) is 31.2 Å². The molecule has 0 aromatic heterocycles. The van der Waals surface area contributed by atoms with Gasteiger partial charge in [-0.15, -0.1) is 11.8 Å². The molecule has 116 valence electrons. The SMILES string of the molecule is CCOc1ccc(C(=O)NCCSc2ccc(Cl)cc2)cc1. The third kappa shape index (κ3) is 5.28. The fourth-order valence-electron chi connectivity index (χ4n) is 1.84. The number of amides is 1. The van der Waals surface area contributed by atoms with Gasteiger partial charge in [0.05, 0.1) is 6.61 Å². The van der Waals surface area contributed by atoms with E-state index in [-0.39, 0.29) is 5.91 Å². The van der Waals surface area contributed by atoms with Gasteiger partial charge in [-0.05, 0) is 55.5 Å². The molecule has 0 fully saturated rings. The predicted octanol–water partition coefficient (Wildman–Crippen LogP) is 4.26. The number of halogens is 1. The number of thioether (sulfide) groups is 1. The number of carbonyl (C=O) groups excluding carboxylic acids is 1. The Labute approximate surface area is 140 Å². The van der Waals surface area contributed by atoms with Crippen molar-refractivity contribution in [1.82, 2.24) is 5.32 Å². The monoisotopic (exact) mass is 335 g/mol. The molecule has 1 amide bonds. The highest BCUT2D eigenvalue weighted by molar-refractivity contribution is 7.99. The van der Waals surface area contributed by atoms with Crippen molar-refractivity contribution >= 4 is 29.3 Å². The van der Waals surface area contributed by atoms with Crippen LogP contribution in [-0.4, -0.2) is 24.8 Å². The van der Waals surface area contributed by atoms with Crippen LogP contribution in [0.1, 0.15) is 17.3 Å². The third-order valence-corrected chi connectivity index (χ3v) is 4.16. The van der Waals surface area contributed by atoms with Gasteiger partial charge in [-0.3, -0.25) is 4.79 Å². The summed E-state index contributed by atoms with van der Waals surface area (Å²) in [4.78, 5) is 13.1. The average molecular weight is 336 g/mol. The summed E-state index contributed by atoms with van der Waals surface area (Å²) in [5.74, 6) is 1.52. The van der Waals surface area contributed by atoms with Gasteiger partial charge < -0.3 is 10.1 Å². The lowest BCUT2D eigenvalue weighted by Crippen LogP contribution is -2.25. The van der Waals surface area contributed by atoms with Gasteiger partial charge in [-0.25, -0.2) is 0 Å². The molecule has 0 bridgehead atoms. The zero-order chi connectivity index (χ0) is 15.8. The Morgan fingerprint density at radius 3 is 2.45 bits per heavy atom. The minimum absolute atomic E-state index is 0.0697. The van der Waals surface area contributed by atoms with E-state index in [2.05, 4.69) is 5.32 Å². The molecule has 22 heavy (non-hydrogen) atoms. The van der Waals surface area contributed by atoms with Crippen LogP contribution in [0.25, 0.3) is 0 Å². The Bertz CT molecular complexity index is 599. The van der Waals surface area contributed by atoms with Crippen LogP contribution < -0.4 is 10.1 Å². The number of carbonyl (C=O) groups is 1. The van der Waals surface area contributed by atoms with E-state index in [9.17, 15) is 4.79 Å². The zero-order valence-electron chi connectivity index (χ0n) is 12.3. The van der Waals surface area contributed by atoms with Gasteiger partial charge in [0.2, 0.25) is 0 Å². The smallest absolute Gasteiger partial charge is 0.251 e. The first-order valence-corrected chi connectivity index (χ1v) is 8.45. The van der Waals surface area contributed by atoms with Crippen LogP contribution in [0, 0.1) is 0 Å². The van der Waals surface area contributed by atoms with Gasteiger partial charge in [-0.2, -0.15) is 0 Å². The minimum atomic E-state index is -0.0697. The topological polar surface area (TPSA) is 38.3 Å². The van der Waals surface area contributed by atoms with E-state index in [0.29, 0.717) is 18.7 Å². The number of hydrogen-bond donors (Lipinski definition) is 1. The summed E-state index contributed by atoms with van der Waals surface area (Å²) in [7, 11) is 0. The average Bonchev–Trinajstić information content (AvgIpc) is 2.54. The summed E-state index contributed by atoms with van der Waals surface area (Å²) in [6.07, 6.45) is 0. The Hall–Kier alpha value is -1.65. The van der Waals surface area contributed by atoms with Gasteiger partial charge in [0, 0.05) is 27.8 Å². The second kappa shape index (κ2) is 8.71. The first kappa shape index (κ1) is 16.7. The highest BCUT2D eigenvalue weighted by Crippen LogP contribution is 2.19. The molecule has 2 aromatic carbocycles. The zero-order valence-corrected chi connectivity index (χ0v) is 13.9. The van der Waals surface area contributed by atoms with Crippen molar-refractivity contribution in [3.63, 3.8) is 0 Å². The molecule has 0 radical (unpaired) electrons. The summed E-state index contributed by atoms with van der Waals surface area (Å²) >= 11 is 7.52.